The third kappa shape index (κ3) is 12.2. The van der Waals surface area contributed by atoms with Crippen LogP contribution in [0.2, 0.25) is 0 Å². The molecule has 434 valence electrons. The van der Waals surface area contributed by atoms with E-state index in [1.165, 1.54) is 27.4 Å². The Balaban J connectivity index is 0.916. The van der Waals surface area contributed by atoms with E-state index in [9.17, 15) is 43.0 Å². The molecule has 4 aliphatic carbocycles. The van der Waals surface area contributed by atoms with Crippen molar-refractivity contribution in [3.8, 4) is 0 Å². The molecule has 3 saturated carbocycles. The van der Waals surface area contributed by atoms with E-state index >= 15 is 0 Å². The maximum Gasteiger partial charge on any atom is 0.397 e. The van der Waals surface area contributed by atoms with Crippen LogP contribution < -0.4 is 0 Å². The van der Waals surface area contributed by atoms with Gasteiger partial charge in [-0.15, -0.1) is 0 Å². The Morgan fingerprint density at radius 3 is 2.00 bits per heavy atom. The van der Waals surface area contributed by atoms with Crippen molar-refractivity contribution in [1.29, 1.82) is 0 Å². The zero-order valence-electron chi connectivity index (χ0n) is 45.7. The highest BCUT2D eigenvalue weighted by molar-refractivity contribution is 7.80. The third-order valence-electron chi connectivity index (χ3n) is 18.4. The van der Waals surface area contributed by atoms with Crippen LogP contribution in [0.4, 0.5) is 0 Å². The van der Waals surface area contributed by atoms with Gasteiger partial charge in [0.2, 0.25) is 0 Å². The summed E-state index contributed by atoms with van der Waals surface area (Å²) >= 11 is 0. The summed E-state index contributed by atoms with van der Waals surface area (Å²) in [7, 11) is -0.636. The van der Waals surface area contributed by atoms with Gasteiger partial charge in [-0.25, -0.2) is 8.98 Å². The van der Waals surface area contributed by atoms with Crippen LogP contribution in [0.15, 0.2) is 23.3 Å². The number of ether oxygens (including phenoxy) is 12. The Bertz CT molecular complexity index is 2190. The van der Waals surface area contributed by atoms with Gasteiger partial charge < -0.3 is 77.3 Å². The molecule has 4 saturated heterocycles. The zero-order chi connectivity index (χ0) is 55.3. The molecule has 4 aliphatic heterocycles. The number of methoxy groups -OCH3 is 3. The number of hydrogen-bond acceptors (Lipinski definition) is 21. The highest BCUT2D eigenvalue weighted by atomic mass is 32.3. The van der Waals surface area contributed by atoms with Crippen LogP contribution in [0.5, 0.6) is 0 Å². The van der Waals surface area contributed by atoms with Gasteiger partial charge in [-0.3, -0.25) is 9.35 Å². The summed E-state index contributed by atoms with van der Waals surface area (Å²) in [6, 6.07) is 0. The van der Waals surface area contributed by atoms with Gasteiger partial charge in [-0.2, -0.15) is 8.42 Å². The van der Waals surface area contributed by atoms with E-state index in [-0.39, 0.29) is 47.7 Å². The smallest absolute Gasteiger partial charge is 0.397 e. The van der Waals surface area contributed by atoms with E-state index < -0.39 is 151 Å². The Morgan fingerprint density at radius 1 is 0.711 bits per heavy atom. The molecule has 0 aromatic rings. The van der Waals surface area contributed by atoms with Crippen LogP contribution in [0.25, 0.3) is 0 Å². The van der Waals surface area contributed by atoms with Crippen LogP contribution in [-0.2, 0) is 81.0 Å². The number of aliphatic hydroxyl groups is 4. The maximum absolute atomic E-state index is 13.2. The standard InChI is InChI=1S/C53H84O22S/c1-24(2)18-39(55)72-38-20-34-31(33-15-14-32(25(3)54)53(33,38)8)13-12-29-19-30(16-17-52(29,34)7)70-50-44(58)43(57)48(37(71-50)23-66-76(60,61)62)75-51-45(59)49(65-11)47(28(6)69-51)74-41-22-36(64-10)46(27(5)68-41)73-40-21-35(63-9)42(56)26(4)67-40/h12,18,26-28,30-38,40-51,56-59H,13-17,19-23H2,1-11H3,(H,60,61,62)/t26-,27-,28+,30-,31+,32+,33-,34-,35-,36-,37+,38+,40+,41+,42-,43+,44+,45+,46-,47+,48+,49+,50+,51-,52+,53+/m1/s1. The lowest BCUT2D eigenvalue weighted by molar-refractivity contribution is -0.374. The molecule has 0 radical (unpaired) electrons. The lowest BCUT2D eigenvalue weighted by atomic mass is 9.46. The molecule has 4 heterocycles. The zero-order valence-corrected chi connectivity index (χ0v) is 46.5. The summed E-state index contributed by atoms with van der Waals surface area (Å²) in [4.78, 5) is 26.3. The molecule has 0 amide bonds. The normalized spacial score (nSPS) is 47.7. The number of allylic oxidation sites excluding steroid dienone is 2. The van der Waals surface area contributed by atoms with E-state index in [1.807, 2.05) is 13.8 Å². The summed E-state index contributed by atoms with van der Waals surface area (Å²) in [5.74, 6) is 0.0954. The summed E-state index contributed by atoms with van der Waals surface area (Å²) in [5, 5.41) is 45.6. The Labute approximate surface area is 446 Å². The number of Topliss-reactive ketones (excluding diaryl/α,β-unsaturated/α-hetero) is 1. The lowest BCUT2D eigenvalue weighted by Gasteiger charge is -2.60. The molecule has 5 N–H and O–H groups in total. The quantitative estimate of drug-likeness (QED) is 0.0605. The van der Waals surface area contributed by atoms with Gasteiger partial charge in [0, 0.05) is 51.6 Å². The van der Waals surface area contributed by atoms with Crippen molar-refractivity contribution in [2.45, 2.75) is 236 Å². The molecule has 22 nitrogen and oxygen atoms in total. The number of ketones is 1. The second kappa shape index (κ2) is 24.2. The molecule has 8 aliphatic rings. The molecule has 0 bridgehead atoms. The molecular weight excluding hydrogens is 1020 g/mol. The van der Waals surface area contributed by atoms with E-state index in [0.29, 0.717) is 25.7 Å². The molecular formula is C53H84O22S. The molecule has 0 aromatic heterocycles. The fourth-order valence-electron chi connectivity index (χ4n) is 14.5. The highest BCUT2D eigenvalue weighted by Crippen LogP contribution is 2.67. The van der Waals surface area contributed by atoms with Gasteiger partial charge in [0.05, 0.1) is 43.2 Å². The van der Waals surface area contributed by atoms with E-state index in [0.717, 1.165) is 30.4 Å². The first-order chi connectivity index (χ1) is 35.8. The molecule has 7 fully saturated rings. The number of fused-ring (bicyclic) bond motifs is 5. The first kappa shape index (κ1) is 60.0. The van der Waals surface area contributed by atoms with Crippen molar-refractivity contribution in [2.24, 2.45) is 34.5 Å². The molecule has 26 atom stereocenters. The van der Waals surface area contributed by atoms with Crippen molar-refractivity contribution in [2.75, 3.05) is 27.9 Å². The van der Waals surface area contributed by atoms with Crippen molar-refractivity contribution >= 4 is 22.2 Å². The molecule has 76 heavy (non-hydrogen) atoms. The van der Waals surface area contributed by atoms with E-state index in [4.69, 9.17) is 61.0 Å². The minimum absolute atomic E-state index is 0.119. The van der Waals surface area contributed by atoms with Crippen LogP contribution >= 0.6 is 0 Å². The van der Waals surface area contributed by atoms with Crippen molar-refractivity contribution in [3.05, 3.63) is 23.3 Å². The van der Waals surface area contributed by atoms with E-state index in [1.54, 1.807) is 27.7 Å². The number of hydrogen-bond donors (Lipinski definition) is 5. The molecule has 0 unspecified atom stereocenters. The second-order valence-electron chi connectivity index (χ2n) is 23.2. The Hall–Kier alpha value is -2.11. The number of aliphatic hydroxyl groups excluding tert-OH is 4. The highest BCUT2D eigenvalue weighted by Gasteiger charge is 2.65. The Morgan fingerprint density at radius 2 is 1.36 bits per heavy atom. The van der Waals surface area contributed by atoms with Gasteiger partial charge in [0.25, 0.3) is 0 Å². The van der Waals surface area contributed by atoms with Crippen LogP contribution in [0.3, 0.4) is 0 Å². The molecule has 0 aromatic carbocycles. The summed E-state index contributed by atoms with van der Waals surface area (Å²) in [5.41, 5.74) is 1.18. The largest absolute Gasteiger partial charge is 0.459 e. The fraction of sp³-hybridized carbons (Fsp3) is 0.887. The van der Waals surface area contributed by atoms with Crippen molar-refractivity contribution < 1.29 is 104 Å². The predicted octanol–water partition coefficient (Wildman–Crippen LogP) is 3.23. The molecule has 0 spiro atoms. The van der Waals surface area contributed by atoms with Gasteiger partial charge in [-0.1, -0.05) is 31.1 Å². The van der Waals surface area contributed by atoms with Crippen molar-refractivity contribution in [1.82, 2.24) is 0 Å². The monoisotopic (exact) mass is 1100 g/mol. The summed E-state index contributed by atoms with van der Waals surface area (Å²) in [6.07, 6.45) is -11.5. The summed E-state index contributed by atoms with van der Waals surface area (Å²) < 4.78 is 111. The maximum atomic E-state index is 13.2. The number of rotatable bonds is 17. The lowest BCUT2D eigenvalue weighted by Crippen LogP contribution is -2.65. The first-order valence-electron chi connectivity index (χ1n) is 27.0. The molecule has 8 rings (SSSR count). The number of carbonyl (C=O) groups is 2. The van der Waals surface area contributed by atoms with E-state index in [2.05, 4.69) is 19.9 Å². The second-order valence-corrected chi connectivity index (χ2v) is 24.3. The topological polar surface area (TPSA) is 289 Å². The minimum Gasteiger partial charge on any atom is -0.459 e. The average Bonchev–Trinajstić information content (AvgIpc) is 3.72. The predicted molar refractivity (Wildman–Crippen MR) is 265 cm³/mol. The summed E-state index contributed by atoms with van der Waals surface area (Å²) in [6.45, 7) is 14.0. The minimum atomic E-state index is -5.04. The first-order valence-corrected chi connectivity index (χ1v) is 28.4. The van der Waals surface area contributed by atoms with Gasteiger partial charge in [-0.05, 0) is 110 Å². The molecule has 23 heteroatoms. The third-order valence-corrected chi connectivity index (χ3v) is 18.9. The average molecular weight is 1110 g/mol. The van der Waals surface area contributed by atoms with Gasteiger partial charge >= 0.3 is 16.4 Å². The van der Waals surface area contributed by atoms with Crippen LogP contribution in [0, 0.1) is 34.5 Å². The SMILES string of the molecule is CO[C@H]1[C@H](O)[C@@H](O[C@@H]2[C@@H](O)[C@H](O)[C@@H](O[C@@H]3CC[C@@]4(C)C(=CC[C@H]5[C@H]6CC[C@@H](C(C)=O)[C@]6(C)[C@@H](OC(=O)C=C(C)C)C[C@H]54)C3)O[C@H]2COS(=O)(=O)O)O[C@@H](C)[C@@H]1O[C@H]1C[C@@H](OC)[C@H](O[C@H]2C[C@@H](OC)[C@H](O)[C@@H](C)O2)[C@@H](C)O1. The Kier molecular flexibility index (Phi) is 19.1. The van der Waals surface area contributed by atoms with Gasteiger partial charge in [0.15, 0.2) is 25.2 Å². The number of carbonyl (C=O) groups excluding carboxylic acids is 2. The van der Waals surface area contributed by atoms with Crippen molar-refractivity contribution in [3.63, 3.8) is 0 Å². The van der Waals surface area contributed by atoms with Gasteiger partial charge in [0.1, 0.15) is 66.8 Å². The number of esters is 1. The van der Waals surface area contributed by atoms with Crippen LogP contribution in [-0.4, -0.2) is 196 Å². The van der Waals surface area contributed by atoms with Crippen LogP contribution in [0.1, 0.15) is 113 Å². The fourth-order valence-corrected chi connectivity index (χ4v) is 14.8.